The molecule has 4 heteroatoms. The van der Waals surface area contributed by atoms with Crippen molar-refractivity contribution in [2.75, 3.05) is 12.3 Å². The molecule has 2 rings (SSSR count). The van der Waals surface area contributed by atoms with Crippen LogP contribution >= 0.6 is 0 Å². The van der Waals surface area contributed by atoms with E-state index < -0.39 is 0 Å². The molecule has 0 aliphatic rings. The monoisotopic (exact) mass is 255 g/mol. The first-order chi connectivity index (χ1) is 9.17. The molecule has 0 fully saturated rings. The lowest BCUT2D eigenvalue weighted by Gasteiger charge is -2.05. The molecule has 19 heavy (non-hydrogen) atoms. The summed E-state index contributed by atoms with van der Waals surface area (Å²) < 4.78 is 7.24. The van der Waals surface area contributed by atoms with Gasteiger partial charge in [0.15, 0.2) is 0 Å². The van der Waals surface area contributed by atoms with Gasteiger partial charge in [-0.15, -0.1) is 6.42 Å². The van der Waals surface area contributed by atoms with Crippen molar-refractivity contribution in [2.24, 2.45) is 0 Å². The lowest BCUT2D eigenvalue weighted by Crippen LogP contribution is -2.03. The molecular weight excluding hydrogens is 238 g/mol. The topological polar surface area (TPSA) is 53.1 Å². The van der Waals surface area contributed by atoms with E-state index in [4.69, 9.17) is 16.9 Å². The molecule has 0 radical (unpaired) electrons. The lowest BCUT2D eigenvalue weighted by atomic mass is 10.1. The highest BCUT2D eigenvalue weighted by Crippen LogP contribution is 2.27. The number of terminal acetylenes is 1. The zero-order valence-corrected chi connectivity index (χ0v) is 11.2. The fourth-order valence-electron chi connectivity index (χ4n) is 1.96. The molecular formula is C15H17N3O. The largest absolute Gasteiger partial charge is 0.494 e. The second kappa shape index (κ2) is 5.49. The first-order valence-corrected chi connectivity index (χ1v) is 6.16. The Bertz CT molecular complexity index is 606. The van der Waals surface area contributed by atoms with Crippen LogP contribution in [0.25, 0.3) is 11.3 Å². The number of anilines is 1. The van der Waals surface area contributed by atoms with Crippen molar-refractivity contribution in [3.63, 3.8) is 0 Å². The normalized spacial score (nSPS) is 10.2. The Balaban J connectivity index is 2.37. The number of nitrogen functional groups attached to an aromatic ring is 1. The molecule has 2 N–H and O–H groups in total. The first-order valence-electron chi connectivity index (χ1n) is 6.16. The molecule has 1 heterocycles. The maximum absolute atomic E-state index is 6.09. The quantitative estimate of drug-likeness (QED) is 0.854. The summed E-state index contributed by atoms with van der Waals surface area (Å²) >= 11 is 0. The van der Waals surface area contributed by atoms with Crippen LogP contribution in [0.2, 0.25) is 0 Å². The Morgan fingerprint density at radius 3 is 2.63 bits per heavy atom. The molecule has 0 aliphatic carbocycles. The molecule has 2 aromatic rings. The lowest BCUT2D eigenvalue weighted by molar-refractivity contribution is 0.340. The molecule has 0 bridgehead atoms. The number of aryl methyl sites for hydroxylation is 1. The number of hydrogen-bond donors (Lipinski definition) is 1. The van der Waals surface area contributed by atoms with Gasteiger partial charge in [-0.3, -0.25) is 0 Å². The van der Waals surface area contributed by atoms with Crippen LogP contribution in [-0.2, 0) is 6.54 Å². The highest BCUT2D eigenvalue weighted by Gasteiger charge is 2.12. The van der Waals surface area contributed by atoms with Crippen molar-refractivity contribution in [2.45, 2.75) is 20.4 Å². The molecule has 0 atom stereocenters. The van der Waals surface area contributed by atoms with E-state index in [0.29, 0.717) is 19.0 Å². The van der Waals surface area contributed by atoms with Crippen LogP contribution in [0.15, 0.2) is 24.3 Å². The highest BCUT2D eigenvalue weighted by molar-refractivity contribution is 5.71. The van der Waals surface area contributed by atoms with Gasteiger partial charge in [-0.1, -0.05) is 5.92 Å². The minimum atomic E-state index is 0.432. The van der Waals surface area contributed by atoms with E-state index >= 15 is 0 Å². The van der Waals surface area contributed by atoms with Crippen LogP contribution in [-0.4, -0.2) is 16.2 Å². The standard InChI is InChI=1S/C15H17N3O/c1-4-10-18-11(3)17-14(15(18)16)12-6-8-13(9-7-12)19-5-2/h1,6-9H,5,10,16H2,2-3H3. The predicted molar refractivity (Wildman–Crippen MR) is 76.8 cm³/mol. The van der Waals surface area contributed by atoms with Gasteiger partial charge in [0.1, 0.15) is 23.1 Å². The number of benzene rings is 1. The van der Waals surface area contributed by atoms with Gasteiger partial charge in [0.2, 0.25) is 0 Å². The maximum Gasteiger partial charge on any atom is 0.132 e. The number of nitrogens with zero attached hydrogens (tertiary/aromatic N) is 2. The van der Waals surface area contributed by atoms with Gasteiger partial charge in [-0.25, -0.2) is 4.98 Å². The summed E-state index contributed by atoms with van der Waals surface area (Å²) in [5.41, 5.74) is 7.81. The molecule has 0 aliphatic heterocycles. The molecule has 1 aromatic heterocycles. The summed E-state index contributed by atoms with van der Waals surface area (Å²) in [6, 6.07) is 7.72. The number of hydrogen-bond acceptors (Lipinski definition) is 3. The Labute approximate surface area is 113 Å². The van der Waals surface area contributed by atoms with Gasteiger partial charge in [-0.05, 0) is 38.1 Å². The van der Waals surface area contributed by atoms with E-state index in [-0.39, 0.29) is 0 Å². The Morgan fingerprint density at radius 2 is 2.05 bits per heavy atom. The third kappa shape index (κ3) is 2.55. The number of imidazole rings is 1. The van der Waals surface area contributed by atoms with Gasteiger partial charge in [0.25, 0.3) is 0 Å². The smallest absolute Gasteiger partial charge is 0.132 e. The Hall–Kier alpha value is -2.41. The summed E-state index contributed by atoms with van der Waals surface area (Å²) in [6.07, 6.45) is 5.33. The average Bonchev–Trinajstić information content (AvgIpc) is 2.69. The number of aromatic nitrogens is 2. The molecule has 0 saturated heterocycles. The second-order valence-corrected chi connectivity index (χ2v) is 4.14. The minimum absolute atomic E-state index is 0.432. The van der Waals surface area contributed by atoms with Crippen LogP contribution in [0.1, 0.15) is 12.7 Å². The number of rotatable bonds is 4. The predicted octanol–water partition coefficient (Wildman–Crippen LogP) is 2.47. The van der Waals surface area contributed by atoms with Crippen LogP contribution in [0.4, 0.5) is 5.82 Å². The van der Waals surface area contributed by atoms with E-state index in [1.807, 2.05) is 42.7 Å². The minimum Gasteiger partial charge on any atom is -0.494 e. The zero-order valence-electron chi connectivity index (χ0n) is 11.2. The summed E-state index contributed by atoms with van der Waals surface area (Å²) in [4.78, 5) is 4.48. The van der Waals surface area contributed by atoms with Gasteiger partial charge in [-0.2, -0.15) is 0 Å². The van der Waals surface area contributed by atoms with Crippen LogP contribution in [0.5, 0.6) is 5.75 Å². The van der Waals surface area contributed by atoms with Crippen molar-refractivity contribution >= 4 is 5.82 Å². The van der Waals surface area contributed by atoms with Crippen molar-refractivity contribution < 1.29 is 4.74 Å². The fourth-order valence-corrected chi connectivity index (χ4v) is 1.96. The van der Waals surface area contributed by atoms with Crippen molar-refractivity contribution in [1.82, 2.24) is 9.55 Å². The van der Waals surface area contributed by atoms with Crippen molar-refractivity contribution in [3.05, 3.63) is 30.1 Å². The summed E-state index contributed by atoms with van der Waals surface area (Å²) in [6.45, 7) is 4.93. The van der Waals surface area contributed by atoms with Crippen LogP contribution < -0.4 is 10.5 Å². The van der Waals surface area contributed by atoms with E-state index in [1.165, 1.54) is 0 Å². The molecule has 4 nitrogen and oxygen atoms in total. The summed E-state index contributed by atoms with van der Waals surface area (Å²) in [7, 11) is 0. The number of ether oxygens (including phenoxy) is 1. The first kappa shape index (κ1) is 13.0. The van der Waals surface area contributed by atoms with Crippen molar-refractivity contribution in [1.29, 1.82) is 0 Å². The van der Waals surface area contributed by atoms with Gasteiger partial charge in [0.05, 0.1) is 13.2 Å². The Kier molecular flexibility index (Phi) is 3.76. The molecule has 1 aromatic carbocycles. The second-order valence-electron chi connectivity index (χ2n) is 4.14. The average molecular weight is 255 g/mol. The third-order valence-electron chi connectivity index (χ3n) is 2.89. The van der Waals surface area contributed by atoms with Gasteiger partial charge < -0.3 is 15.0 Å². The van der Waals surface area contributed by atoms with Crippen molar-refractivity contribution in [3.8, 4) is 29.4 Å². The van der Waals surface area contributed by atoms with Crippen LogP contribution in [0, 0.1) is 19.3 Å². The highest BCUT2D eigenvalue weighted by atomic mass is 16.5. The zero-order chi connectivity index (χ0) is 13.8. The van der Waals surface area contributed by atoms with Gasteiger partial charge in [0, 0.05) is 5.56 Å². The van der Waals surface area contributed by atoms with E-state index in [0.717, 1.165) is 22.8 Å². The number of nitrogens with two attached hydrogens (primary N) is 1. The van der Waals surface area contributed by atoms with Gasteiger partial charge >= 0.3 is 0 Å². The third-order valence-corrected chi connectivity index (χ3v) is 2.89. The maximum atomic E-state index is 6.09. The summed E-state index contributed by atoms with van der Waals surface area (Å²) in [5.74, 6) is 4.83. The molecule has 0 amide bonds. The Morgan fingerprint density at radius 1 is 1.37 bits per heavy atom. The van der Waals surface area contributed by atoms with Crippen LogP contribution in [0.3, 0.4) is 0 Å². The van der Waals surface area contributed by atoms with E-state index in [1.54, 1.807) is 0 Å². The molecule has 0 unspecified atom stereocenters. The molecule has 0 saturated carbocycles. The fraction of sp³-hybridized carbons (Fsp3) is 0.267. The van der Waals surface area contributed by atoms with E-state index in [9.17, 15) is 0 Å². The van der Waals surface area contributed by atoms with E-state index in [2.05, 4.69) is 10.9 Å². The molecule has 98 valence electrons. The molecule has 0 spiro atoms. The SMILES string of the molecule is C#CCn1c(C)nc(-c2ccc(OCC)cc2)c1N. The summed E-state index contributed by atoms with van der Waals surface area (Å²) in [5, 5.41) is 0.